The van der Waals surface area contributed by atoms with Gasteiger partial charge in [-0.1, -0.05) is 13.0 Å². The summed E-state index contributed by atoms with van der Waals surface area (Å²) in [7, 11) is 0. The molecule has 47 heavy (non-hydrogen) atoms. The van der Waals surface area contributed by atoms with Gasteiger partial charge in [-0.25, -0.2) is 17.6 Å². The third-order valence-electron chi connectivity index (χ3n) is 10.9. The Labute approximate surface area is 269 Å². The number of hydrogen-bond donors (Lipinski definition) is 1. The van der Waals surface area contributed by atoms with E-state index in [-0.39, 0.29) is 53.0 Å². The number of aromatic hydroxyl groups is 1. The maximum atomic E-state index is 16.8. The molecule has 0 radical (unpaired) electrons. The molecule has 1 N–H and O–H groups in total. The largest absolute Gasteiger partial charge is 0.508 e. The van der Waals surface area contributed by atoms with Gasteiger partial charge in [0.25, 0.3) is 0 Å². The van der Waals surface area contributed by atoms with E-state index in [1.54, 1.807) is 13.0 Å². The van der Waals surface area contributed by atoms with Crippen molar-refractivity contribution >= 4 is 21.7 Å². The number of aryl methyl sites for hydroxylation is 1. The Hall–Kier alpha value is -3.77. The summed E-state index contributed by atoms with van der Waals surface area (Å²) in [5.41, 5.74) is -0.602. The lowest BCUT2D eigenvalue weighted by Crippen LogP contribution is -2.44. The van der Waals surface area contributed by atoms with Gasteiger partial charge < -0.3 is 14.6 Å². The van der Waals surface area contributed by atoms with Crippen LogP contribution in [0.2, 0.25) is 0 Å². The number of benzene rings is 2. The van der Waals surface area contributed by atoms with Crippen molar-refractivity contribution in [2.24, 2.45) is 0 Å². The van der Waals surface area contributed by atoms with Crippen LogP contribution in [0.1, 0.15) is 51.0 Å². The molecule has 4 saturated heterocycles. The molecule has 8 rings (SSSR count). The second-order valence-corrected chi connectivity index (χ2v) is 13.7. The zero-order valence-electron chi connectivity index (χ0n) is 26.2. The molecule has 6 heterocycles. The quantitative estimate of drug-likeness (QED) is 0.222. The van der Waals surface area contributed by atoms with E-state index in [1.165, 1.54) is 24.4 Å². The van der Waals surface area contributed by atoms with Crippen LogP contribution in [-0.2, 0) is 6.42 Å². The number of halogens is 4. The lowest BCUT2D eigenvalue weighted by Gasteiger charge is -2.31. The smallest absolute Gasteiger partial charge is 0.320 e. The summed E-state index contributed by atoms with van der Waals surface area (Å²) in [6, 6.07) is 5.62. The molecule has 12 heteroatoms. The van der Waals surface area contributed by atoms with Crippen LogP contribution in [0.3, 0.4) is 0 Å². The van der Waals surface area contributed by atoms with E-state index >= 15 is 4.39 Å². The second-order valence-electron chi connectivity index (χ2n) is 13.7. The number of ether oxygens (including phenoxy) is 2. The maximum absolute atomic E-state index is 16.8. The third-order valence-corrected chi connectivity index (χ3v) is 10.9. The molecular formula is C35H37F4N5O3. The lowest BCUT2D eigenvalue weighted by molar-refractivity contribution is 0.101. The number of phenols is 1. The molecule has 0 unspecified atom stereocenters. The molecular weight excluding hydrogens is 614 g/mol. The molecule has 4 aliphatic rings. The SMILES string of the molecule is CCc1c(F)ccc2cc(O)cc(-c3ncc4c(OC[C@@]56CCCN5C[C@H](F)C6)nc(OC[C@@]56CCCN5C[C@H](F)C6)nc4c3F)c12. The van der Waals surface area contributed by atoms with Crippen molar-refractivity contribution in [3.8, 4) is 28.9 Å². The Bertz CT molecular complexity index is 1880. The van der Waals surface area contributed by atoms with Crippen LogP contribution in [0.15, 0.2) is 30.5 Å². The van der Waals surface area contributed by atoms with Crippen molar-refractivity contribution in [3.05, 3.63) is 47.7 Å². The molecule has 4 aliphatic heterocycles. The molecule has 4 atom stereocenters. The maximum Gasteiger partial charge on any atom is 0.320 e. The number of fused-ring (bicyclic) bond motifs is 4. The Morgan fingerprint density at radius 2 is 1.62 bits per heavy atom. The zero-order valence-corrected chi connectivity index (χ0v) is 26.2. The van der Waals surface area contributed by atoms with Crippen molar-refractivity contribution < 1.29 is 32.1 Å². The number of hydrogen-bond acceptors (Lipinski definition) is 8. The molecule has 248 valence electrons. The molecule has 0 bridgehead atoms. The first-order valence-electron chi connectivity index (χ1n) is 16.5. The van der Waals surface area contributed by atoms with E-state index in [9.17, 15) is 18.3 Å². The fourth-order valence-electron chi connectivity index (χ4n) is 8.70. The van der Waals surface area contributed by atoms with Gasteiger partial charge in [0.1, 0.15) is 48.3 Å². The van der Waals surface area contributed by atoms with E-state index < -0.39 is 35.1 Å². The fraction of sp³-hybridized carbons (Fsp3) is 0.514. The van der Waals surface area contributed by atoms with Gasteiger partial charge in [-0.05, 0) is 79.7 Å². The second kappa shape index (κ2) is 11.4. The van der Waals surface area contributed by atoms with E-state index in [1.807, 2.05) is 0 Å². The van der Waals surface area contributed by atoms with E-state index in [0.717, 1.165) is 38.8 Å². The van der Waals surface area contributed by atoms with Crippen LogP contribution in [0, 0.1) is 11.6 Å². The summed E-state index contributed by atoms with van der Waals surface area (Å²) in [5.74, 6) is -1.31. The van der Waals surface area contributed by atoms with Crippen LogP contribution in [0.4, 0.5) is 17.6 Å². The van der Waals surface area contributed by atoms with E-state index in [4.69, 9.17) is 9.47 Å². The van der Waals surface area contributed by atoms with Crippen molar-refractivity contribution in [2.75, 3.05) is 39.4 Å². The van der Waals surface area contributed by atoms with Gasteiger partial charge in [-0.3, -0.25) is 14.8 Å². The zero-order chi connectivity index (χ0) is 32.5. The van der Waals surface area contributed by atoms with Crippen LogP contribution in [0.5, 0.6) is 17.6 Å². The molecule has 2 aromatic carbocycles. The van der Waals surface area contributed by atoms with Crippen molar-refractivity contribution in [2.45, 2.75) is 75.3 Å². The van der Waals surface area contributed by atoms with E-state index in [2.05, 4.69) is 24.8 Å². The number of pyridine rings is 1. The van der Waals surface area contributed by atoms with Gasteiger partial charge >= 0.3 is 6.01 Å². The highest BCUT2D eigenvalue weighted by atomic mass is 19.1. The van der Waals surface area contributed by atoms with Crippen molar-refractivity contribution in [1.82, 2.24) is 24.8 Å². The lowest BCUT2D eigenvalue weighted by atomic mass is 9.94. The standard InChI is InChI=1S/C35H37F4N5O3/c1-2-24-27(38)6-5-20-11-23(45)12-25(28(20)24)30-29(39)31-26(15-40-30)32(46-18-34-7-3-9-43(34)16-21(36)13-34)42-33(41-31)47-19-35-8-4-10-44(35)17-22(37)14-35/h5-6,11-12,15,21-22,45H,2-4,7-10,13-14,16-19H2,1H3/t21-,22-,34+,35+/m1/s1. The highest BCUT2D eigenvalue weighted by Gasteiger charge is 2.50. The minimum atomic E-state index is -0.948. The van der Waals surface area contributed by atoms with Crippen molar-refractivity contribution in [1.29, 1.82) is 0 Å². The normalized spacial score (nSPS) is 27.6. The van der Waals surface area contributed by atoms with Gasteiger partial charge in [0.2, 0.25) is 5.88 Å². The Balaban J connectivity index is 1.23. The Morgan fingerprint density at radius 1 is 0.936 bits per heavy atom. The summed E-state index contributed by atoms with van der Waals surface area (Å²) in [6.45, 7) is 4.37. The molecule has 0 aliphatic carbocycles. The molecule has 0 amide bonds. The first-order chi connectivity index (χ1) is 22.7. The Morgan fingerprint density at radius 3 is 2.30 bits per heavy atom. The van der Waals surface area contributed by atoms with Gasteiger partial charge in [0.15, 0.2) is 5.82 Å². The minimum Gasteiger partial charge on any atom is -0.508 e. The average molecular weight is 652 g/mol. The number of nitrogens with zero attached hydrogens (tertiary/aromatic N) is 5. The number of aromatic nitrogens is 3. The highest BCUT2D eigenvalue weighted by molar-refractivity contribution is 6.01. The summed E-state index contributed by atoms with van der Waals surface area (Å²) in [4.78, 5) is 17.7. The number of phenolic OH excluding ortho intramolecular Hbond substituents is 1. The molecule has 4 aromatic rings. The topological polar surface area (TPSA) is 83.8 Å². The van der Waals surface area contributed by atoms with Crippen LogP contribution < -0.4 is 9.47 Å². The van der Waals surface area contributed by atoms with Gasteiger partial charge in [-0.15, -0.1) is 0 Å². The number of rotatable bonds is 8. The summed E-state index contributed by atoms with van der Waals surface area (Å²) >= 11 is 0. The van der Waals surface area contributed by atoms with Crippen LogP contribution >= 0.6 is 0 Å². The summed E-state index contributed by atoms with van der Waals surface area (Å²) in [5, 5.41) is 11.8. The first-order valence-corrected chi connectivity index (χ1v) is 16.5. The molecule has 0 saturated carbocycles. The van der Waals surface area contributed by atoms with Gasteiger partial charge in [-0.2, -0.15) is 9.97 Å². The molecule has 0 spiro atoms. The molecule has 2 aromatic heterocycles. The predicted molar refractivity (Wildman–Crippen MR) is 168 cm³/mol. The third kappa shape index (κ3) is 5.06. The Kier molecular flexibility index (Phi) is 7.43. The van der Waals surface area contributed by atoms with Gasteiger partial charge in [0.05, 0.1) is 16.5 Å². The fourth-order valence-corrected chi connectivity index (χ4v) is 8.70. The average Bonchev–Trinajstić information content (AvgIpc) is 3.77. The molecule has 4 fully saturated rings. The number of alkyl halides is 2. The predicted octanol–water partition coefficient (Wildman–Crippen LogP) is 6.30. The van der Waals surface area contributed by atoms with Crippen molar-refractivity contribution in [3.63, 3.8) is 0 Å². The summed E-state index contributed by atoms with van der Waals surface area (Å²) < 4.78 is 73.2. The first kappa shape index (κ1) is 30.6. The molecule has 8 nitrogen and oxygen atoms in total. The summed E-state index contributed by atoms with van der Waals surface area (Å²) in [6.07, 6.45) is 3.95. The van der Waals surface area contributed by atoms with Crippen LogP contribution in [0.25, 0.3) is 32.9 Å². The highest BCUT2D eigenvalue weighted by Crippen LogP contribution is 2.43. The minimum absolute atomic E-state index is 0.0584. The van der Waals surface area contributed by atoms with E-state index in [0.29, 0.717) is 48.7 Å². The van der Waals surface area contributed by atoms with Crippen LogP contribution in [-0.4, -0.2) is 92.7 Å². The van der Waals surface area contributed by atoms with Gasteiger partial charge in [0, 0.05) is 37.7 Å². The monoisotopic (exact) mass is 651 g/mol.